The van der Waals surface area contributed by atoms with Gasteiger partial charge in [0.2, 0.25) is 0 Å². The van der Waals surface area contributed by atoms with Gasteiger partial charge in [-0.25, -0.2) is 0 Å². The Morgan fingerprint density at radius 1 is 1.15 bits per heavy atom. The predicted molar refractivity (Wildman–Crippen MR) is 107 cm³/mol. The first-order chi connectivity index (χ1) is 12.9. The van der Waals surface area contributed by atoms with Crippen LogP contribution in [0.25, 0.3) is 10.9 Å². The van der Waals surface area contributed by atoms with Gasteiger partial charge in [-0.05, 0) is 24.3 Å². The standard InChI is InChI=1S/C21H26N4O2/c1-20-9-24-11-21(2,12-25(10-20)13-24)19(20)22-8-15-6-14-7-16(27-3)4-5-17(14)23-18(15)26/h4-8,19H,9-13H2,1-3H3,(H,23,26). The quantitative estimate of drug-likeness (QED) is 0.844. The summed E-state index contributed by atoms with van der Waals surface area (Å²) in [7, 11) is 1.65. The summed E-state index contributed by atoms with van der Waals surface area (Å²) in [5.74, 6) is 0.779. The Morgan fingerprint density at radius 2 is 1.81 bits per heavy atom. The molecule has 0 spiro atoms. The highest BCUT2D eigenvalue weighted by Gasteiger charge is 2.59. The predicted octanol–water partition coefficient (Wildman–Crippen LogP) is 1.94. The number of fused-ring (bicyclic) bond motifs is 1. The summed E-state index contributed by atoms with van der Waals surface area (Å²) in [6.45, 7) is 10.1. The molecular formula is C21H26N4O2. The van der Waals surface area contributed by atoms with Crippen LogP contribution < -0.4 is 10.3 Å². The number of pyridine rings is 1. The molecule has 0 aliphatic carbocycles. The van der Waals surface area contributed by atoms with Crippen molar-refractivity contribution in [3.63, 3.8) is 0 Å². The Balaban J connectivity index is 1.52. The number of aliphatic imine (C=N–C) groups is 1. The maximum atomic E-state index is 12.5. The lowest BCUT2D eigenvalue weighted by atomic mass is 9.60. The highest BCUT2D eigenvalue weighted by molar-refractivity contribution is 5.88. The van der Waals surface area contributed by atoms with Crippen molar-refractivity contribution in [1.82, 2.24) is 14.8 Å². The normalized spacial score (nSPS) is 37.4. The van der Waals surface area contributed by atoms with Gasteiger partial charge in [0, 0.05) is 54.1 Å². The Hall–Kier alpha value is -2.18. The van der Waals surface area contributed by atoms with E-state index in [-0.39, 0.29) is 22.4 Å². The lowest BCUT2D eigenvalue weighted by molar-refractivity contribution is -0.165. The maximum Gasteiger partial charge on any atom is 0.257 e. The Morgan fingerprint density at radius 3 is 2.44 bits per heavy atom. The first kappa shape index (κ1) is 17.0. The molecule has 27 heavy (non-hydrogen) atoms. The van der Waals surface area contributed by atoms with Gasteiger partial charge in [0.15, 0.2) is 0 Å². The van der Waals surface area contributed by atoms with Crippen LogP contribution >= 0.6 is 0 Å². The second-order valence-electron chi connectivity index (χ2n) is 9.11. The van der Waals surface area contributed by atoms with Crippen molar-refractivity contribution in [1.29, 1.82) is 0 Å². The second kappa shape index (κ2) is 5.66. The van der Waals surface area contributed by atoms with Gasteiger partial charge in [-0.2, -0.15) is 0 Å². The molecule has 1 N–H and O–H groups in total. The van der Waals surface area contributed by atoms with Crippen molar-refractivity contribution in [3.05, 3.63) is 40.2 Å². The number of hydrogen-bond donors (Lipinski definition) is 1. The van der Waals surface area contributed by atoms with Crippen LogP contribution in [0.15, 0.2) is 34.1 Å². The number of aromatic nitrogens is 1. The summed E-state index contributed by atoms with van der Waals surface area (Å²) in [5, 5.41) is 0.954. The molecule has 1 aromatic carbocycles. The summed E-state index contributed by atoms with van der Waals surface area (Å²) in [6.07, 6.45) is 1.80. The molecule has 0 saturated carbocycles. The van der Waals surface area contributed by atoms with Crippen LogP contribution in [0, 0.1) is 10.8 Å². The third-order valence-electron chi connectivity index (χ3n) is 6.50. The van der Waals surface area contributed by atoms with Crippen LogP contribution in [-0.2, 0) is 0 Å². The number of piperidine rings is 2. The molecule has 4 bridgehead atoms. The van der Waals surface area contributed by atoms with E-state index >= 15 is 0 Å². The molecule has 4 saturated heterocycles. The van der Waals surface area contributed by atoms with E-state index in [1.54, 1.807) is 13.3 Å². The lowest BCUT2D eigenvalue weighted by Crippen LogP contribution is -2.75. The minimum absolute atomic E-state index is 0.0944. The third-order valence-corrected chi connectivity index (χ3v) is 6.50. The van der Waals surface area contributed by atoms with E-state index in [2.05, 4.69) is 28.6 Å². The molecular weight excluding hydrogens is 340 g/mol. The van der Waals surface area contributed by atoms with Gasteiger partial charge in [0.25, 0.3) is 5.56 Å². The molecule has 142 valence electrons. The highest BCUT2D eigenvalue weighted by Crippen LogP contribution is 2.50. The largest absolute Gasteiger partial charge is 0.497 e. The fraction of sp³-hybridized carbons (Fsp3) is 0.524. The SMILES string of the molecule is COc1ccc2[nH]c(=O)c(C=NC3C4(C)CN5CN(C4)CC3(C)C5)cc2c1. The first-order valence-corrected chi connectivity index (χ1v) is 9.58. The number of ether oxygens (including phenoxy) is 1. The molecule has 0 amide bonds. The summed E-state index contributed by atoms with van der Waals surface area (Å²) < 4.78 is 5.30. The number of H-pyrrole nitrogens is 1. The van der Waals surface area contributed by atoms with Crippen LogP contribution in [0.5, 0.6) is 5.75 Å². The van der Waals surface area contributed by atoms with Crippen LogP contribution in [0.3, 0.4) is 0 Å². The topological polar surface area (TPSA) is 60.9 Å². The van der Waals surface area contributed by atoms with Gasteiger partial charge >= 0.3 is 0 Å². The minimum atomic E-state index is -0.0944. The molecule has 6 rings (SSSR count). The van der Waals surface area contributed by atoms with E-state index in [1.807, 2.05) is 24.3 Å². The molecule has 0 unspecified atom stereocenters. The zero-order chi connectivity index (χ0) is 18.8. The van der Waals surface area contributed by atoms with E-state index in [0.29, 0.717) is 5.56 Å². The van der Waals surface area contributed by atoms with Gasteiger partial charge in [-0.15, -0.1) is 0 Å². The van der Waals surface area contributed by atoms with Gasteiger partial charge in [0.05, 0.1) is 25.4 Å². The summed E-state index contributed by atoms with van der Waals surface area (Å²) in [4.78, 5) is 25.6. The van der Waals surface area contributed by atoms with Gasteiger partial charge < -0.3 is 9.72 Å². The van der Waals surface area contributed by atoms with Crippen LogP contribution in [0.2, 0.25) is 0 Å². The van der Waals surface area contributed by atoms with Crippen molar-refractivity contribution in [2.24, 2.45) is 15.8 Å². The van der Waals surface area contributed by atoms with Gasteiger partial charge in [-0.1, -0.05) is 13.8 Å². The number of methoxy groups -OCH3 is 1. The van der Waals surface area contributed by atoms with Crippen molar-refractivity contribution in [2.75, 3.05) is 40.0 Å². The first-order valence-electron chi connectivity index (χ1n) is 9.58. The molecule has 0 atom stereocenters. The fourth-order valence-corrected chi connectivity index (χ4v) is 5.86. The van der Waals surface area contributed by atoms with Crippen molar-refractivity contribution in [3.8, 4) is 5.75 Å². The van der Waals surface area contributed by atoms with E-state index in [1.165, 1.54) is 0 Å². The number of rotatable bonds is 3. The van der Waals surface area contributed by atoms with E-state index in [4.69, 9.17) is 9.73 Å². The summed E-state index contributed by atoms with van der Waals surface area (Å²) >= 11 is 0. The number of hydrogen-bond acceptors (Lipinski definition) is 5. The molecule has 6 heteroatoms. The zero-order valence-corrected chi connectivity index (χ0v) is 16.2. The second-order valence-corrected chi connectivity index (χ2v) is 9.11. The minimum Gasteiger partial charge on any atom is -0.497 e. The molecule has 4 aliphatic heterocycles. The molecule has 6 nitrogen and oxygen atoms in total. The maximum absolute atomic E-state index is 12.5. The zero-order valence-electron chi connectivity index (χ0n) is 16.2. The third kappa shape index (κ3) is 2.62. The molecule has 1 aromatic heterocycles. The number of benzene rings is 1. The average molecular weight is 366 g/mol. The van der Waals surface area contributed by atoms with Crippen molar-refractivity contribution < 1.29 is 4.74 Å². The molecule has 2 aromatic rings. The van der Waals surface area contributed by atoms with Crippen LogP contribution in [0.4, 0.5) is 0 Å². The van der Waals surface area contributed by atoms with Gasteiger partial charge in [0.1, 0.15) is 5.75 Å². The van der Waals surface area contributed by atoms with Crippen molar-refractivity contribution >= 4 is 17.1 Å². The van der Waals surface area contributed by atoms with Crippen LogP contribution in [0.1, 0.15) is 19.4 Å². The average Bonchev–Trinajstić information content (AvgIpc) is 2.59. The van der Waals surface area contributed by atoms with E-state index in [9.17, 15) is 4.79 Å². The van der Waals surface area contributed by atoms with Crippen molar-refractivity contribution in [2.45, 2.75) is 19.9 Å². The molecule has 4 fully saturated rings. The summed E-state index contributed by atoms with van der Waals surface area (Å²) in [5.41, 5.74) is 1.62. The number of aromatic amines is 1. The Labute approximate surface area is 158 Å². The number of nitrogens with zero attached hydrogens (tertiary/aromatic N) is 3. The van der Waals surface area contributed by atoms with Gasteiger partial charge in [-0.3, -0.25) is 19.6 Å². The fourth-order valence-electron chi connectivity index (χ4n) is 5.86. The highest BCUT2D eigenvalue weighted by atomic mass is 16.5. The Kier molecular flexibility index (Phi) is 3.55. The lowest BCUT2D eigenvalue weighted by Gasteiger charge is -2.65. The number of nitrogens with one attached hydrogen (secondary N) is 1. The monoisotopic (exact) mass is 366 g/mol. The van der Waals surface area contributed by atoms with E-state index in [0.717, 1.165) is 49.5 Å². The summed E-state index contributed by atoms with van der Waals surface area (Å²) in [6, 6.07) is 7.81. The molecule has 0 radical (unpaired) electrons. The molecule has 4 aliphatic rings. The van der Waals surface area contributed by atoms with Crippen LogP contribution in [-0.4, -0.2) is 67.0 Å². The smallest absolute Gasteiger partial charge is 0.257 e. The Bertz CT molecular complexity index is 959. The molecule has 5 heterocycles. The van der Waals surface area contributed by atoms with E-state index < -0.39 is 0 Å².